The van der Waals surface area contributed by atoms with E-state index in [-0.39, 0.29) is 16.7 Å². The molecule has 2 aliphatic carbocycles. The first-order chi connectivity index (χ1) is 25.8. The van der Waals surface area contributed by atoms with E-state index in [1.165, 1.54) is 59.9 Å². The topological polar surface area (TPSA) is 86.0 Å². The summed E-state index contributed by atoms with van der Waals surface area (Å²) in [6.45, 7) is 2.50. The number of benzene rings is 6. The molecule has 2 aliphatic rings. The van der Waals surface area contributed by atoms with Crippen LogP contribution in [0.1, 0.15) is 73.3 Å². The van der Waals surface area contributed by atoms with Crippen LogP contribution in [-0.4, -0.2) is 11.7 Å². The molecule has 3 unspecified atom stereocenters. The Bertz CT molecular complexity index is 2300. The SMILES string of the molecule is CC1(c2ccc(-c3ccc(C(=N)/N=C(\N)c4ccccc4)cc3)cc2)CC2CCCC(c3ccc(-c4ccc(-c5ccc(C#N)cc5)cc4)cc3)(C2)C1. The normalized spacial score (nSPS) is 21.1. The minimum Gasteiger partial charge on any atom is -0.383 e. The van der Waals surface area contributed by atoms with Crippen LogP contribution in [0.3, 0.4) is 0 Å². The highest BCUT2D eigenvalue weighted by molar-refractivity contribution is 6.09. The lowest BCUT2D eigenvalue weighted by atomic mass is 9.51. The molecule has 6 aromatic carbocycles. The summed E-state index contributed by atoms with van der Waals surface area (Å²) in [5.74, 6) is 1.23. The van der Waals surface area contributed by atoms with E-state index >= 15 is 0 Å². The molecule has 4 nitrogen and oxygen atoms in total. The van der Waals surface area contributed by atoms with E-state index in [2.05, 4.69) is 103 Å². The largest absolute Gasteiger partial charge is 0.383 e. The molecule has 0 heterocycles. The van der Waals surface area contributed by atoms with Crippen molar-refractivity contribution < 1.29 is 0 Å². The Labute approximate surface area is 313 Å². The maximum Gasteiger partial charge on any atom is 0.154 e. The molecule has 2 saturated carbocycles. The van der Waals surface area contributed by atoms with Crippen molar-refractivity contribution >= 4 is 11.7 Å². The van der Waals surface area contributed by atoms with Gasteiger partial charge in [0.15, 0.2) is 5.84 Å². The van der Waals surface area contributed by atoms with Crippen molar-refractivity contribution in [3.8, 4) is 39.4 Å². The van der Waals surface area contributed by atoms with Gasteiger partial charge in [-0.2, -0.15) is 5.26 Å². The van der Waals surface area contributed by atoms with Crippen molar-refractivity contribution in [1.29, 1.82) is 10.7 Å². The predicted octanol–water partition coefficient (Wildman–Crippen LogP) is 11.5. The first kappa shape index (κ1) is 34.1. The van der Waals surface area contributed by atoms with Crippen LogP contribution in [0.15, 0.2) is 157 Å². The fourth-order valence-electron chi connectivity index (χ4n) is 9.21. The molecule has 0 spiro atoms. The van der Waals surface area contributed by atoms with Crippen LogP contribution < -0.4 is 5.73 Å². The highest BCUT2D eigenvalue weighted by atomic mass is 14.9. The molecule has 260 valence electrons. The molecule has 6 aromatic rings. The number of fused-ring (bicyclic) bond motifs is 2. The molecule has 2 fully saturated rings. The Hall–Kier alpha value is -6.05. The number of aliphatic imine (C=N–C) groups is 1. The highest BCUT2D eigenvalue weighted by Crippen LogP contribution is 2.57. The molecule has 0 radical (unpaired) electrons. The number of nitrogens with zero attached hydrogens (tertiary/aromatic N) is 2. The third-order valence-electron chi connectivity index (χ3n) is 11.9. The Morgan fingerprint density at radius 1 is 0.642 bits per heavy atom. The van der Waals surface area contributed by atoms with Crippen LogP contribution >= 0.6 is 0 Å². The second-order valence-corrected chi connectivity index (χ2v) is 15.4. The van der Waals surface area contributed by atoms with Crippen LogP contribution in [0.4, 0.5) is 0 Å². The van der Waals surface area contributed by atoms with Gasteiger partial charge in [0.2, 0.25) is 0 Å². The lowest BCUT2D eigenvalue weighted by Gasteiger charge is -2.53. The Morgan fingerprint density at radius 2 is 1.13 bits per heavy atom. The molecular weight excluding hydrogens is 645 g/mol. The van der Waals surface area contributed by atoms with Gasteiger partial charge in [-0.1, -0.05) is 159 Å². The van der Waals surface area contributed by atoms with Gasteiger partial charge < -0.3 is 5.73 Å². The average molecular weight is 689 g/mol. The zero-order valence-electron chi connectivity index (χ0n) is 30.2. The summed E-state index contributed by atoms with van der Waals surface area (Å²) in [5, 5.41) is 17.6. The second kappa shape index (κ2) is 14.2. The maximum absolute atomic E-state index is 9.13. The van der Waals surface area contributed by atoms with Gasteiger partial charge in [0.1, 0.15) is 5.84 Å². The smallest absolute Gasteiger partial charge is 0.154 e. The van der Waals surface area contributed by atoms with Crippen LogP contribution in [0.25, 0.3) is 33.4 Å². The Morgan fingerprint density at radius 3 is 1.68 bits per heavy atom. The van der Waals surface area contributed by atoms with Crippen molar-refractivity contribution in [2.75, 3.05) is 0 Å². The van der Waals surface area contributed by atoms with Crippen molar-refractivity contribution in [2.45, 2.75) is 56.3 Å². The number of hydrogen-bond acceptors (Lipinski definition) is 2. The monoisotopic (exact) mass is 688 g/mol. The molecule has 0 aromatic heterocycles. The van der Waals surface area contributed by atoms with E-state index < -0.39 is 0 Å². The molecule has 3 atom stereocenters. The summed E-state index contributed by atoms with van der Waals surface area (Å²) in [5.41, 5.74) is 18.7. The van der Waals surface area contributed by atoms with Crippen molar-refractivity contribution in [3.63, 3.8) is 0 Å². The number of nitrogens with one attached hydrogen (secondary N) is 1. The first-order valence-electron chi connectivity index (χ1n) is 18.7. The number of hydrogen-bond donors (Lipinski definition) is 2. The fourth-order valence-corrected chi connectivity index (χ4v) is 9.21. The van der Waals surface area contributed by atoms with E-state index in [1.54, 1.807) is 0 Å². The summed E-state index contributed by atoms with van der Waals surface area (Å²) in [6, 6.07) is 55.1. The standard InChI is InChI=1S/C49H44N4/c1-48(44-25-21-40(22-26-44)39-17-19-43(20-18-39)47(52)53-46(51)42-7-3-2-4-8-42)30-35-6-5-29-49(31-35,33-48)45-27-23-41(24-28-45)38-15-13-37(14-16-38)36-11-9-34(32-50)10-12-36/h2-4,7-28,35H,5-6,29-31,33H2,1H3,(H3,51,52,53). The zero-order valence-corrected chi connectivity index (χ0v) is 30.2. The summed E-state index contributed by atoms with van der Waals surface area (Å²) < 4.78 is 0. The third kappa shape index (κ3) is 6.96. The molecule has 8 rings (SSSR count). The number of amidine groups is 2. The van der Waals surface area contributed by atoms with Crippen LogP contribution in [0, 0.1) is 22.7 Å². The van der Waals surface area contributed by atoms with Crippen LogP contribution in [0.2, 0.25) is 0 Å². The quantitative estimate of drug-likeness (QED) is 0.129. The van der Waals surface area contributed by atoms with Gasteiger partial charge in [0.05, 0.1) is 11.6 Å². The van der Waals surface area contributed by atoms with Crippen LogP contribution in [-0.2, 0) is 10.8 Å². The molecule has 53 heavy (non-hydrogen) atoms. The van der Waals surface area contributed by atoms with Gasteiger partial charge >= 0.3 is 0 Å². The summed E-state index contributed by atoms with van der Waals surface area (Å²) in [4.78, 5) is 4.35. The van der Waals surface area contributed by atoms with Crippen LogP contribution in [0.5, 0.6) is 0 Å². The second-order valence-electron chi connectivity index (χ2n) is 15.4. The lowest BCUT2D eigenvalue weighted by Crippen LogP contribution is -2.46. The van der Waals surface area contributed by atoms with E-state index in [1.807, 2.05) is 66.7 Å². The summed E-state index contributed by atoms with van der Waals surface area (Å²) in [7, 11) is 0. The zero-order chi connectivity index (χ0) is 36.4. The van der Waals surface area contributed by atoms with E-state index in [0.29, 0.717) is 11.4 Å². The molecule has 2 bridgehead atoms. The van der Waals surface area contributed by atoms with E-state index in [9.17, 15) is 0 Å². The number of rotatable bonds is 7. The van der Waals surface area contributed by atoms with Crippen molar-refractivity contribution in [1.82, 2.24) is 0 Å². The van der Waals surface area contributed by atoms with Gasteiger partial charge in [-0.15, -0.1) is 0 Å². The number of nitriles is 1. The van der Waals surface area contributed by atoms with Crippen molar-refractivity contribution in [2.24, 2.45) is 16.6 Å². The summed E-state index contributed by atoms with van der Waals surface area (Å²) in [6.07, 6.45) is 7.55. The molecule has 0 aliphatic heterocycles. The minimum absolute atomic E-state index is 0.109. The molecule has 0 amide bonds. The number of nitrogens with two attached hydrogens (primary N) is 1. The predicted molar refractivity (Wildman–Crippen MR) is 218 cm³/mol. The first-order valence-corrected chi connectivity index (χ1v) is 18.7. The van der Waals surface area contributed by atoms with Crippen molar-refractivity contribution in [3.05, 3.63) is 179 Å². The Kier molecular flexibility index (Phi) is 9.10. The van der Waals surface area contributed by atoms with E-state index in [0.717, 1.165) is 40.2 Å². The fraction of sp³-hybridized carbons (Fsp3) is 0.204. The van der Waals surface area contributed by atoms with Gasteiger partial charge in [-0.05, 0) is 99.1 Å². The molecule has 3 N–H and O–H groups in total. The maximum atomic E-state index is 9.13. The lowest BCUT2D eigenvalue weighted by molar-refractivity contribution is 0.0874. The molecule has 0 saturated heterocycles. The third-order valence-corrected chi connectivity index (χ3v) is 11.9. The Balaban J connectivity index is 0.975. The average Bonchev–Trinajstić information content (AvgIpc) is 3.21. The van der Waals surface area contributed by atoms with Gasteiger partial charge in [0, 0.05) is 11.1 Å². The molecular formula is C49H44N4. The minimum atomic E-state index is 0.109. The van der Waals surface area contributed by atoms with Gasteiger partial charge in [-0.25, -0.2) is 4.99 Å². The molecule has 4 heteroatoms. The van der Waals surface area contributed by atoms with Gasteiger partial charge in [-0.3, -0.25) is 5.41 Å². The van der Waals surface area contributed by atoms with Gasteiger partial charge in [0.25, 0.3) is 0 Å². The highest BCUT2D eigenvalue weighted by Gasteiger charge is 2.49. The summed E-state index contributed by atoms with van der Waals surface area (Å²) >= 11 is 0. The van der Waals surface area contributed by atoms with E-state index in [4.69, 9.17) is 16.4 Å².